The van der Waals surface area contributed by atoms with Crippen LogP contribution in [0.1, 0.15) is 37.1 Å². The molecule has 0 aliphatic carbocycles. The molecule has 0 saturated carbocycles. The molecule has 0 radical (unpaired) electrons. The monoisotopic (exact) mass is 381 g/mol. The Bertz CT molecular complexity index is 759. The standard InChI is InChI=1S/C22H31N5O/c28-22(8-4-7-20-19-11-18(13-25-20)12-23-14-19)26-15-21-24-9-10-27(21)16-17-5-2-1-3-6-17/h1-3,5-6,9-10,18-20,23,25H,4,7-8,11-16H2,(H,26,28)/t18-,19+,20-/m0/s1. The number of nitrogens with zero attached hydrogens (tertiary/aromatic N) is 2. The lowest BCUT2D eigenvalue weighted by molar-refractivity contribution is -0.121. The van der Waals surface area contributed by atoms with E-state index in [2.05, 4.69) is 37.6 Å². The minimum absolute atomic E-state index is 0.115. The summed E-state index contributed by atoms with van der Waals surface area (Å²) in [5, 5.41) is 10.3. The topological polar surface area (TPSA) is 71.0 Å². The Morgan fingerprint density at radius 2 is 2.11 bits per heavy atom. The molecule has 3 heterocycles. The van der Waals surface area contributed by atoms with E-state index in [-0.39, 0.29) is 5.91 Å². The molecule has 1 aromatic carbocycles. The third kappa shape index (κ3) is 5.00. The smallest absolute Gasteiger partial charge is 0.220 e. The van der Waals surface area contributed by atoms with E-state index < -0.39 is 0 Å². The molecule has 6 nitrogen and oxygen atoms in total. The average molecular weight is 382 g/mol. The summed E-state index contributed by atoms with van der Waals surface area (Å²) < 4.78 is 2.09. The first-order valence-electron chi connectivity index (χ1n) is 10.5. The van der Waals surface area contributed by atoms with Crippen LogP contribution in [0.3, 0.4) is 0 Å². The summed E-state index contributed by atoms with van der Waals surface area (Å²) in [6, 6.07) is 10.9. The molecule has 6 heteroatoms. The van der Waals surface area contributed by atoms with E-state index in [9.17, 15) is 4.79 Å². The van der Waals surface area contributed by atoms with Gasteiger partial charge in [0.05, 0.1) is 6.54 Å². The largest absolute Gasteiger partial charge is 0.349 e. The van der Waals surface area contributed by atoms with Crippen LogP contribution in [-0.4, -0.2) is 41.1 Å². The first-order chi connectivity index (χ1) is 13.8. The molecule has 2 aliphatic rings. The van der Waals surface area contributed by atoms with Crippen molar-refractivity contribution in [1.82, 2.24) is 25.5 Å². The van der Waals surface area contributed by atoms with Crippen LogP contribution in [0.15, 0.2) is 42.7 Å². The molecule has 3 atom stereocenters. The number of carbonyl (C=O) groups is 1. The number of aromatic nitrogens is 2. The van der Waals surface area contributed by atoms with E-state index in [4.69, 9.17) is 0 Å². The van der Waals surface area contributed by atoms with Crippen LogP contribution in [0.5, 0.6) is 0 Å². The summed E-state index contributed by atoms with van der Waals surface area (Å²) in [6.45, 7) is 4.64. The highest BCUT2D eigenvalue weighted by Crippen LogP contribution is 2.26. The van der Waals surface area contributed by atoms with E-state index in [1.54, 1.807) is 6.20 Å². The Morgan fingerprint density at radius 1 is 1.21 bits per heavy atom. The summed E-state index contributed by atoms with van der Waals surface area (Å²) in [5.74, 6) is 2.52. The van der Waals surface area contributed by atoms with Crippen molar-refractivity contribution in [2.24, 2.45) is 11.8 Å². The Morgan fingerprint density at radius 3 is 3.00 bits per heavy atom. The zero-order chi connectivity index (χ0) is 19.2. The molecule has 2 aliphatic heterocycles. The van der Waals surface area contributed by atoms with Crippen molar-refractivity contribution in [3.05, 3.63) is 54.1 Å². The molecule has 0 spiro atoms. The first kappa shape index (κ1) is 19.2. The summed E-state index contributed by atoms with van der Waals surface area (Å²) >= 11 is 0. The Labute approximate surface area is 167 Å². The second-order valence-corrected chi connectivity index (χ2v) is 8.16. The zero-order valence-corrected chi connectivity index (χ0v) is 16.4. The van der Waals surface area contributed by atoms with Crippen LogP contribution < -0.4 is 16.0 Å². The number of rotatable bonds is 8. The van der Waals surface area contributed by atoms with E-state index in [1.165, 1.54) is 12.0 Å². The maximum absolute atomic E-state index is 12.3. The van der Waals surface area contributed by atoms with E-state index in [0.717, 1.165) is 56.7 Å². The molecular weight excluding hydrogens is 350 g/mol. The maximum Gasteiger partial charge on any atom is 0.220 e. The molecule has 1 amide bonds. The SMILES string of the molecule is O=C(CCC[C@@H]1NC[C@@H]2CNC[C@H]1C2)NCc1nccn1Cc1ccccc1. The first-order valence-corrected chi connectivity index (χ1v) is 10.5. The third-order valence-corrected chi connectivity index (χ3v) is 6.07. The van der Waals surface area contributed by atoms with Crippen molar-refractivity contribution in [3.63, 3.8) is 0 Å². The molecule has 3 N–H and O–H groups in total. The van der Waals surface area contributed by atoms with E-state index in [0.29, 0.717) is 19.0 Å². The quantitative estimate of drug-likeness (QED) is 0.653. The van der Waals surface area contributed by atoms with Gasteiger partial charge in [0.1, 0.15) is 5.82 Å². The molecule has 28 heavy (non-hydrogen) atoms. The van der Waals surface area contributed by atoms with E-state index >= 15 is 0 Å². The molecule has 2 aromatic rings. The second-order valence-electron chi connectivity index (χ2n) is 8.16. The number of piperidine rings is 2. The maximum atomic E-state index is 12.3. The van der Waals surface area contributed by atoms with Crippen molar-refractivity contribution in [2.75, 3.05) is 19.6 Å². The molecule has 1 aromatic heterocycles. The molecular formula is C22H31N5O. The number of hydrogen-bond acceptors (Lipinski definition) is 4. The number of hydrogen-bond donors (Lipinski definition) is 3. The van der Waals surface area contributed by atoms with Gasteiger partial charge in [-0.05, 0) is 56.3 Å². The van der Waals surface area contributed by atoms with Gasteiger partial charge in [-0.15, -0.1) is 0 Å². The summed E-state index contributed by atoms with van der Waals surface area (Å²) in [4.78, 5) is 16.7. The summed E-state index contributed by atoms with van der Waals surface area (Å²) in [7, 11) is 0. The van der Waals surface area contributed by atoms with Gasteiger partial charge in [-0.3, -0.25) is 4.79 Å². The Hall–Kier alpha value is -2.18. The van der Waals surface area contributed by atoms with E-state index in [1.807, 2.05) is 24.4 Å². The van der Waals surface area contributed by atoms with Gasteiger partial charge in [0.25, 0.3) is 0 Å². The number of nitrogens with one attached hydrogen (secondary N) is 3. The van der Waals surface area contributed by atoms with Crippen molar-refractivity contribution in [3.8, 4) is 0 Å². The highest BCUT2D eigenvalue weighted by atomic mass is 16.1. The van der Waals surface area contributed by atoms with Gasteiger partial charge in [-0.25, -0.2) is 4.98 Å². The number of imidazole rings is 1. The van der Waals surface area contributed by atoms with Crippen molar-refractivity contribution in [1.29, 1.82) is 0 Å². The Balaban J connectivity index is 1.18. The van der Waals surface area contributed by atoms with Gasteiger partial charge in [0, 0.05) is 31.4 Å². The molecule has 4 rings (SSSR count). The zero-order valence-electron chi connectivity index (χ0n) is 16.4. The minimum Gasteiger partial charge on any atom is -0.349 e. The number of carbonyl (C=O) groups excluding carboxylic acids is 1. The number of fused-ring (bicyclic) bond motifs is 2. The van der Waals surface area contributed by atoms with Gasteiger partial charge in [0.15, 0.2) is 0 Å². The fraction of sp³-hybridized carbons (Fsp3) is 0.545. The predicted molar refractivity (Wildman–Crippen MR) is 110 cm³/mol. The van der Waals surface area contributed by atoms with Crippen LogP contribution in [-0.2, 0) is 17.9 Å². The molecule has 2 fully saturated rings. The normalized spacial score (nSPS) is 24.1. The summed E-state index contributed by atoms with van der Waals surface area (Å²) in [6.07, 6.45) is 7.69. The van der Waals surface area contributed by atoms with Crippen LogP contribution in [0.25, 0.3) is 0 Å². The highest BCUT2D eigenvalue weighted by Gasteiger charge is 2.32. The fourth-order valence-electron chi connectivity index (χ4n) is 4.53. The average Bonchev–Trinajstić information content (AvgIpc) is 3.16. The summed E-state index contributed by atoms with van der Waals surface area (Å²) in [5.41, 5.74) is 1.23. The number of amides is 1. The highest BCUT2D eigenvalue weighted by molar-refractivity contribution is 5.75. The van der Waals surface area contributed by atoms with Gasteiger partial charge < -0.3 is 20.5 Å². The lowest BCUT2D eigenvalue weighted by Gasteiger charge is -2.41. The molecule has 150 valence electrons. The molecule has 0 unspecified atom stereocenters. The lowest BCUT2D eigenvalue weighted by Crippen LogP contribution is -2.54. The molecule has 2 saturated heterocycles. The molecule has 2 bridgehead atoms. The second kappa shape index (κ2) is 9.34. The van der Waals surface area contributed by atoms with Crippen LogP contribution in [0, 0.1) is 11.8 Å². The van der Waals surface area contributed by atoms with Gasteiger partial charge in [0.2, 0.25) is 5.91 Å². The van der Waals surface area contributed by atoms with Crippen molar-refractivity contribution < 1.29 is 4.79 Å². The minimum atomic E-state index is 0.115. The van der Waals surface area contributed by atoms with Crippen LogP contribution in [0.2, 0.25) is 0 Å². The van der Waals surface area contributed by atoms with Crippen LogP contribution >= 0.6 is 0 Å². The lowest BCUT2D eigenvalue weighted by atomic mass is 9.80. The Kier molecular flexibility index (Phi) is 6.39. The predicted octanol–water partition coefficient (Wildman–Crippen LogP) is 1.92. The van der Waals surface area contributed by atoms with Crippen LogP contribution in [0.4, 0.5) is 0 Å². The fourth-order valence-corrected chi connectivity index (χ4v) is 4.53. The third-order valence-electron chi connectivity index (χ3n) is 6.07. The number of benzene rings is 1. The van der Waals surface area contributed by atoms with Crippen molar-refractivity contribution in [2.45, 2.75) is 44.8 Å². The van der Waals surface area contributed by atoms with Gasteiger partial charge >= 0.3 is 0 Å². The van der Waals surface area contributed by atoms with Crippen molar-refractivity contribution >= 4 is 5.91 Å². The van der Waals surface area contributed by atoms with Gasteiger partial charge in [-0.1, -0.05) is 30.3 Å². The van der Waals surface area contributed by atoms with Gasteiger partial charge in [-0.2, -0.15) is 0 Å².